The monoisotopic (exact) mass is 438 g/mol. The van der Waals surface area contributed by atoms with Crippen molar-refractivity contribution < 1.29 is 19.7 Å². The number of phenolic OH excluding ortho intramolecular Hbond substituents is 2. The van der Waals surface area contributed by atoms with E-state index in [9.17, 15) is 19.7 Å². The molecule has 1 saturated heterocycles. The van der Waals surface area contributed by atoms with Crippen LogP contribution in [0.4, 0.5) is 10.1 Å². The Morgan fingerprint density at radius 2 is 1.71 bits per heavy atom. The van der Waals surface area contributed by atoms with E-state index in [2.05, 4.69) is 5.32 Å². The van der Waals surface area contributed by atoms with E-state index >= 15 is 0 Å². The molecule has 1 aliphatic rings. The number of aliphatic hydroxyl groups excluding tert-OH is 1. The minimum atomic E-state index is -0.754. The van der Waals surface area contributed by atoms with Crippen LogP contribution in [-0.2, 0) is 0 Å². The first-order chi connectivity index (χ1) is 14.9. The number of phenols is 2. The molecule has 1 fully saturated rings. The fraction of sp³-hybridized carbons (Fsp3) is 0.208. The predicted molar refractivity (Wildman–Crippen MR) is 122 cm³/mol. The van der Waals surface area contributed by atoms with Crippen molar-refractivity contribution in [3.05, 3.63) is 89.7 Å². The number of anilines is 1. The molecular weight excluding hydrogens is 415 g/mol. The standard InChI is InChI=1S/C24H23FN2O3S/c25-16-8-6-15(7-9-16)21(29)13-12-20-23(19-11-10-18(28)14-22(19)30)27(24(31)26-20)17-4-2-1-3-5-17/h1-11,14,20-21,23,28-30H,12-13H2,(H,26,31). The first kappa shape index (κ1) is 21.1. The number of aliphatic hydroxyl groups is 1. The average molecular weight is 439 g/mol. The van der Waals surface area contributed by atoms with Gasteiger partial charge in [0.05, 0.1) is 18.2 Å². The van der Waals surface area contributed by atoms with Gasteiger partial charge in [0.25, 0.3) is 0 Å². The van der Waals surface area contributed by atoms with Crippen molar-refractivity contribution in [3.8, 4) is 11.5 Å². The van der Waals surface area contributed by atoms with Crippen LogP contribution in [0, 0.1) is 5.82 Å². The highest BCUT2D eigenvalue weighted by Crippen LogP contribution is 2.41. The Hall–Kier alpha value is -3.16. The maximum atomic E-state index is 13.2. The molecule has 7 heteroatoms. The summed E-state index contributed by atoms with van der Waals surface area (Å²) in [4.78, 5) is 1.94. The molecule has 0 radical (unpaired) electrons. The maximum absolute atomic E-state index is 13.2. The molecule has 4 N–H and O–H groups in total. The van der Waals surface area contributed by atoms with Crippen LogP contribution >= 0.6 is 12.2 Å². The van der Waals surface area contributed by atoms with E-state index in [1.165, 1.54) is 24.3 Å². The van der Waals surface area contributed by atoms with Gasteiger partial charge in [-0.05, 0) is 67.0 Å². The van der Waals surface area contributed by atoms with Crippen LogP contribution in [0.1, 0.15) is 36.1 Å². The van der Waals surface area contributed by atoms with Crippen molar-refractivity contribution in [2.45, 2.75) is 31.0 Å². The molecule has 31 heavy (non-hydrogen) atoms. The molecule has 0 aliphatic carbocycles. The van der Waals surface area contributed by atoms with Crippen LogP contribution in [0.2, 0.25) is 0 Å². The van der Waals surface area contributed by atoms with Gasteiger partial charge in [-0.2, -0.15) is 0 Å². The average Bonchev–Trinajstić information content (AvgIpc) is 3.09. The van der Waals surface area contributed by atoms with Crippen molar-refractivity contribution >= 4 is 23.0 Å². The zero-order chi connectivity index (χ0) is 22.0. The minimum Gasteiger partial charge on any atom is -0.508 e. The number of aromatic hydroxyl groups is 2. The van der Waals surface area contributed by atoms with Gasteiger partial charge in [-0.1, -0.05) is 30.3 Å². The quantitative estimate of drug-likeness (QED) is 0.423. The van der Waals surface area contributed by atoms with E-state index in [0.717, 1.165) is 5.69 Å². The third-order valence-corrected chi connectivity index (χ3v) is 5.87. The first-order valence-electron chi connectivity index (χ1n) is 10.0. The molecule has 0 spiro atoms. The van der Waals surface area contributed by atoms with Crippen molar-refractivity contribution in [1.29, 1.82) is 0 Å². The lowest BCUT2D eigenvalue weighted by Gasteiger charge is -2.29. The maximum Gasteiger partial charge on any atom is 0.174 e. The van der Waals surface area contributed by atoms with Crippen molar-refractivity contribution in [2.75, 3.05) is 4.90 Å². The molecule has 3 aromatic carbocycles. The smallest absolute Gasteiger partial charge is 0.174 e. The van der Waals surface area contributed by atoms with Gasteiger partial charge in [0.15, 0.2) is 5.11 Å². The lowest BCUT2D eigenvalue weighted by atomic mass is 9.92. The van der Waals surface area contributed by atoms with Crippen molar-refractivity contribution in [1.82, 2.24) is 5.32 Å². The van der Waals surface area contributed by atoms with E-state index in [1.807, 2.05) is 35.2 Å². The van der Waals surface area contributed by atoms with Gasteiger partial charge < -0.3 is 25.5 Å². The van der Waals surface area contributed by atoms with Crippen molar-refractivity contribution in [3.63, 3.8) is 0 Å². The lowest BCUT2D eigenvalue weighted by Crippen LogP contribution is -2.29. The first-order valence-corrected chi connectivity index (χ1v) is 10.4. The van der Waals surface area contributed by atoms with Gasteiger partial charge in [0, 0.05) is 17.3 Å². The summed E-state index contributed by atoms with van der Waals surface area (Å²) < 4.78 is 13.2. The number of nitrogens with one attached hydrogen (secondary N) is 1. The molecule has 1 heterocycles. The molecule has 0 saturated carbocycles. The largest absolute Gasteiger partial charge is 0.508 e. The highest BCUT2D eigenvalue weighted by molar-refractivity contribution is 7.80. The van der Waals surface area contributed by atoms with Crippen LogP contribution < -0.4 is 10.2 Å². The molecular formula is C24H23FN2O3S. The molecule has 5 nitrogen and oxygen atoms in total. The molecule has 160 valence electrons. The number of hydrogen-bond acceptors (Lipinski definition) is 4. The number of para-hydroxylation sites is 1. The van der Waals surface area contributed by atoms with E-state index in [-0.39, 0.29) is 29.4 Å². The van der Waals surface area contributed by atoms with Crippen LogP contribution in [0.25, 0.3) is 0 Å². The van der Waals surface area contributed by atoms with Crippen LogP contribution in [0.5, 0.6) is 11.5 Å². The minimum absolute atomic E-state index is 0.0238. The van der Waals surface area contributed by atoms with Crippen LogP contribution in [0.15, 0.2) is 72.8 Å². The molecule has 0 amide bonds. The fourth-order valence-electron chi connectivity index (χ4n) is 4.04. The van der Waals surface area contributed by atoms with Crippen molar-refractivity contribution in [2.24, 2.45) is 0 Å². The summed E-state index contributed by atoms with van der Waals surface area (Å²) in [6, 6.07) is 19.4. The van der Waals surface area contributed by atoms with E-state index in [4.69, 9.17) is 12.2 Å². The Balaban J connectivity index is 1.62. The Morgan fingerprint density at radius 3 is 2.39 bits per heavy atom. The Labute approximate surface area is 185 Å². The highest BCUT2D eigenvalue weighted by atomic mass is 32.1. The summed E-state index contributed by atoms with van der Waals surface area (Å²) in [6.07, 6.45) is 0.215. The molecule has 0 aromatic heterocycles. The second-order valence-corrected chi connectivity index (χ2v) is 7.98. The van der Waals surface area contributed by atoms with Gasteiger partial charge in [0.1, 0.15) is 17.3 Å². The molecule has 4 rings (SSSR count). The zero-order valence-corrected chi connectivity index (χ0v) is 17.5. The zero-order valence-electron chi connectivity index (χ0n) is 16.6. The third-order valence-electron chi connectivity index (χ3n) is 5.56. The lowest BCUT2D eigenvalue weighted by molar-refractivity contribution is 0.159. The molecule has 0 bridgehead atoms. The number of benzene rings is 3. The molecule has 3 aromatic rings. The van der Waals surface area contributed by atoms with Gasteiger partial charge in [-0.3, -0.25) is 0 Å². The third kappa shape index (κ3) is 4.47. The van der Waals surface area contributed by atoms with Gasteiger partial charge in [-0.25, -0.2) is 4.39 Å². The second-order valence-electron chi connectivity index (χ2n) is 7.59. The Morgan fingerprint density at radius 1 is 1.00 bits per heavy atom. The number of nitrogens with zero attached hydrogens (tertiary/aromatic N) is 1. The summed E-state index contributed by atoms with van der Waals surface area (Å²) in [5.74, 6) is -0.397. The molecule has 3 atom stereocenters. The van der Waals surface area contributed by atoms with Crippen LogP contribution in [0.3, 0.4) is 0 Å². The van der Waals surface area contributed by atoms with E-state index < -0.39 is 6.10 Å². The fourth-order valence-corrected chi connectivity index (χ4v) is 4.41. The summed E-state index contributed by atoms with van der Waals surface area (Å²) >= 11 is 5.61. The summed E-state index contributed by atoms with van der Waals surface area (Å²) in [5, 5.41) is 34.7. The van der Waals surface area contributed by atoms with E-state index in [1.54, 1.807) is 18.2 Å². The molecule has 1 aliphatic heterocycles. The number of rotatable bonds is 6. The topological polar surface area (TPSA) is 76.0 Å². The predicted octanol–water partition coefficient (Wildman–Crippen LogP) is 4.56. The van der Waals surface area contributed by atoms with Gasteiger partial charge in [-0.15, -0.1) is 0 Å². The summed E-state index contributed by atoms with van der Waals surface area (Å²) in [7, 11) is 0. The second kappa shape index (κ2) is 8.91. The summed E-state index contributed by atoms with van der Waals surface area (Å²) in [5.41, 5.74) is 2.14. The normalized spacial score (nSPS) is 19.3. The number of hydrogen-bond donors (Lipinski definition) is 4. The van der Waals surface area contributed by atoms with Gasteiger partial charge >= 0.3 is 0 Å². The van der Waals surface area contributed by atoms with E-state index in [0.29, 0.717) is 29.1 Å². The SMILES string of the molecule is Oc1ccc(C2C(CCC(O)c3ccc(F)cc3)NC(=S)N2c2ccccc2)c(O)c1. The Kier molecular flexibility index (Phi) is 6.06. The highest BCUT2D eigenvalue weighted by Gasteiger charge is 2.40. The summed E-state index contributed by atoms with van der Waals surface area (Å²) in [6.45, 7) is 0. The van der Waals surface area contributed by atoms with Gasteiger partial charge in [0.2, 0.25) is 0 Å². The Bertz CT molecular complexity index is 1060. The van der Waals surface area contributed by atoms with Crippen LogP contribution in [-0.4, -0.2) is 26.5 Å². The number of thiocarbonyl (C=S) groups is 1. The molecule has 3 unspecified atom stereocenters. The number of halogens is 1.